The van der Waals surface area contributed by atoms with E-state index in [0.717, 1.165) is 4.90 Å². The quantitative estimate of drug-likeness (QED) is 0.773. The van der Waals surface area contributed by atoms with Crippen molar-refractivity contribution in [1.82, 2.24) is 10.2 Å². The van der Waals surface area contributed by atoms with Crippen LogP contribution in [0, 0.1) is 0 Å². The van der Waals surface area contributed by atoms with Crippen molar-refractivity contribution in [2.24, 2.45) is 0 Å². The second-order valence-corrected chi connectivity index (χ2v) is 4.63. The normalized spacial score (nSPS) is 18.7. The fraction of sp³-hybridized carbons (Fsp3) is 0.429. The molecule has 6 nitrogen and oxygen atoms in total. The number of carbonyl (C=O) groups excluding carboxylic acids is 2. The zero-order valence-electron chi connectivity index (χ0n) is 11.5. The monoisotopic (exact) mass is 278 g/mol. The lowest BCUT2D eigenvalue weighted by Gasteiger charge is -2.13. The highest BCUT2D eigenvalue weighted by Crippen LogP contribution is 2.29. The molecule has 1 heterocycles. The van der Waals surface area contributed by atoms with E-state index in [1.165, 1.54) is 7.05 Å². The number of aromatic hydroxyl groups is 1. The van der Waals surface area contributed by atoms with Crippen LogP contribution in [0.1, 0.15) is 18.9 Å². The zero-order valence-corrected chi connectivity index (χ0v) is 11.5. The van der Waals surface area contributed by atoms with Gasteiger partial charge in [-0.25, -0.2) is 0 Å². The highest BCUT2D eigenvalue weighted by Gasteiger charge is 2.35. The maximum Gasteiger partial charge on any atom is 0.246 e. The Kier molecular flexibility index (Phi) is 4.24. The number of carbonyl (C=O) groups is 2. The van der Waals surface area contributed by atoms with Gasteiger partial charge >= 0.3 is 0 Å². The molecule has 1 aromatic rings. The van der Waals surface area contributed by atoms with Crippen LogP contribution in [0.4, 0.5) is 0 Å². The third kappa shape index (κ3) is 2.75. The molecule has 0 radical (unpaired) electrons. The molecule has 108 valence electrons. The molecule has 0 saturated carbocycles. The van der Waals surface area contributed by atoms with Crippen LogP contribution in [-0.2, 0) is 16.1 Å². The Bertz CT molecular complexity index is 530. The first-order chi connectivity index (χ1) is 9.54. The van der Waals surface area contributed by atoms with Crippen LogP contribution in [0.5, 0.6) is 11.5 Å². The first-order valence-electron chi connectivity index (χ1n) is 6.52. The summed E-state index contributed by atoms with van der Waals surface area (Å²) in [5.74, 6) is 0.0416. The molecule has 0 spiro atoms. The van der Waals surface area contributed by atoms with Crippen LogP contribution in [0.2, 0.25) is 0 Å². The number of nitrogens with zero attached hydrogens (tertiary/aromatic N) is 1. The summed E-state index contributed by atoms with van der Waals surface area (Å²) in [5, 5.41) is 13.0. The molecule has 2 rings (SSSR count). The van der Waals surface area contributed by atoms with E-state index in [4.69, 9.17) is 4.74 Å². The Labute approximate surface area is 117 Å². The van der Waals surface area contributed by atoms with Gasteiger partial charge in [0.2, 0.25) is 11.8 Å². The van der Waals surface area contributed by atoms with Gasteiger partial charge < -0.3 is 15.2 Å². The summed E-state index contributed by atoms with van der Waals surface area (Å²) in [6.45, 7) is 2.60. The summed E-state index contributed by atoms with van der Waals surface area (Å²) in [4.78, 5) is 24.3. The fourth-order valence-corrected chi connectivity index (χ4v) is 2.13. The van der Waals surface area contributed by atoms with Gasteiger partial charge in [0.25, 0.3) is 0 Å². The lowest BCUT2D eigenvalue weighted by atomic mass is 10.1. The topological polar surface area (TPSA) is 78.9 Å². The minimum atomic E-state index is -0.525. The van der Waals surface area contributed by atoms with E-state index >= 15 is 0 Å². The number of likely N-dealkylation sites (N-methyl/N-ethyl adjacent to an activating group) is 1. The smallest absolute Gasteiger partial charge is 0.246 e. The van der Waals surface area contributed by atoms with Gasteiger partial charge in [0.05, 0.1) is 19.1 Å². The molecule has 6 heteroatoms. The minimum Gasteiger partial charge on any atom is -0.504 e. The van der Waals surface area contributed by atoms with E-state index in [0.29, 0.717) is 24.5 Å². The number of hydrogen-bond donors (Lipinski definition) is 2. The highest BCUT2D eigenvalue weighted by atomic mass is 16.5. The maximum atomic E-state index is 11.7. The average Bonchev–Trinajstić information content (AvgIpc) is 2.67. The molecular weight excluding hydrogens is 260 g/mol. The molecule has 20 heavy (non-hydrogen) atoms. The highest BCUT2D eigenvalue weighted by molar-refractivity contribution is 6.05. The number of para-hydroxylation sites is 1. The van der Waals surface area contributed by atoms with Crippen LogP contribution < -0.4 is 10.1 Å². The van der Waals surface area contributed by atoms with Gasteiger partial charge in [0.1, 0.15) is 0 Å². The molecule has 0 bridgehead atoms. The van der Waals surface area contributed by atoms with Crippen molar-refractivity contribution in [2.45, 2.75) is 25.9 Å². The second kappa shape index (κ2) is 5.92. The molecule has 1 atom stereocenters. The van der Waals surface area contributed by atoms with Gasteiger partial charge in [0.15, 0.2) is 11.5 Å². The van der Waals surface area contributed by atoms with E-state index in [2.05, 4.69) is 5.32 Å². The molecule has 1 unspecified atom stereocenters. The van der Waals surface area contributed by atoms with Crippen molar-refractivity contribution >= 4 is 11.8 Å². The Morgan fingerprint density at radius 2 is 2.20 bits per heavy atom. The van der Waals surface area contributed by atoms with Crippen molar-refractivity contribution in [3.05, 3.63) is 23.8 Å². The van der Waals surface area contributed by atoms with Crippen LogP contribution in [0.25, 0.3) is 0 Å². The van der Waals surface area contributed by atoms with Crippen molar-refractivity contribution in [1.29, 1.82) is 0 Å². The average molecular weight is 278 g/mol. The summed E-state index contributed by atoms with van der Waals surface area (Å²) in [7, 11) is 1.47. The Balaban J connectivity index is 2.03. The molecule has 1 saturated heterocycles. The lowest BCUT2D eigenvalue weighted by molar-refractivity contribution is -0.137. The molecule has 2 N–H and O–H groups in total. The fourth-order valence-electron chi connectivity index (χ4n) is 2.13. The van der Waals surface area contributed by atoms with Gasteiger partial charge in [-0.1, -0.05) is 12.1 Å². The van der Waals surface area contributed by atoms with E-state index in [1.54, 1.807) is 18.2 Å². The van der Waals surface area contributed by atoms with Crippen molar-refractivity contribution < 1.29 is 19.4 Å². The van der Waals surface area contributed by atoms with Crippen molar-refractivity contribution in [3.8, 4) is 11.5 Å². The molecule has 0 aromatic heterocycles. The molecule has 1 aliphatic rings. The molecule has 1 fully saturated rings. The Morgan fingerprint density at radius 3 is 2.80 bits per heavy atom. The van der Waals surface area contributed by atoms with E-state index in [9.17, 15) is 14.7 Å². The molecule has 2 amide bonds. The number of nitrogens with one attached hydrogen (secondary N) is 1. The van der Waals surface area contributed by atoms with Gasteiger partial charge in [-0.15, -0.1) is 0 Å². The van der Waals surface area contributed by atoms with Crippen molar-refractivity contribution in [2.75, 3.05) is 13.7 Å². The number of phenolic OH excluding ortho intramolecular Hbond substituents is 1. The van der Waals surface area contributed by atoms with Crippen LogP contribution in [0.15, 0.2) is 18.2 Å². The van der Waals surface area contributed by atoms with E-state index in [1.807, 2.05) is 6.92 Å². The van der Waals surface area contributed by atoms with Gasteiger partial charge in [-0.3, -0.25) is 14.5 Å². The van der Waals surface area contributed by atoms with E-state index < -0.39 is 6.04 Å². The number of imide groups is 1. The van der Waals surface area contributed by atoms with Gasteiger partial charge in [-0.05, 0) is 13.0 Å². The van der Waals surface area contributed by atoms with Gasteiger partial charge in [-0.2, -0.15) is 0 Å². The molecular formula is C14H18N2O4. The van der Waals surface area contributed by atoms with E-state index in [-0.39, 0.29) is 24.0 Å². The number of hydrogen-bond acceptors (Lipinski definition) is 5. The predicted octanol–water partition coefficient (Wildman–Crippen LogP) is 0.638. The summed E-state index contributed by atoms with van der Waals surface area (Å²) in [5.41, 5.74) is 0.630. The summed E-state index contributed by atoms with van der Waals surface area (Å²) < 4.78 is 5.30. The van der Waals surface area contributed by atoms with Crippen LogP contribution in [-0.4, -0.2) is 41.5 Å². The largest absolute Gasteiger partial charge is 0.504 e. The first-order valence-corrected chi connectivity index (χ1v) is 6.52. The number of benzene rings is 1. The summed E-state index contributed by atoms with van der Waals surface area (Å²) >= 11 is 0. The second-order valence-electron chi connectivity index (χ2n) is 4.63. The SMILES string of the molecule is CCOc1cccc(CNC2CC(=O)N(C)C2=O)c1O. The maximum absolute atomic E-state index is 11.7. The number of rotatable bonds is 5. The number of likely N-dealkylation sites (tertiary alicyclic amines) is 1. The number of ether oxygens (including phenoxy) is 1. The third-order valence-electron chi connectivity index (χ3n) is 3.30. The third-order valence-corrected chi connectivity index (χ3v) is 3.30. The van der Waals surface area contributed by atoms with Crippen molar-refractivity contribution in [3.63, 3.8) is 0 Å². The van der Waals surface area contributed by atoms with Crippen LogP contribution >= 0.6 is 0 Å². The summed E-state index contributed by atoms with van der Waals surface area (Å²) in [6, 6.07) is 4.67. The number of amides is 2. The Hall–Kier alpha value is -2.08. The molecule has 1 aliphatic heterocycles. The zero-order chi connectivity index (χ0) is 14.7. The molecule has 0 aliphatic carbocycles. The summed E-state index contributed by atoms with van der Waals surface area (Å²) in [6.07, 6.45) is 0.154. The Morgan fingerprint density at radius 1 is 1.45 bits per heavy atom. The predicted molar refractivity (Wildman–Crippen MR) is 72.3 cm³/mol. The number of phenols is 1. The molecule has 1 aromatic carbocycles. The standard InChI is InChI=1S/C14H18N2O4/c1-3-20-11-6-4-5-9(13(11)18)8-15-10-7-12(17)16(2)14(10)19/h4-6,10,15,18H,3,7-8H2,1-2H3. The van der Waals surface area contributed by atoms with Crippen LogP contribution in [0.3, 0.4) is 0 Å². The lowest BCUT2D eigenvalue weighted by Crippen LogP contribution is -2.36. The first kappa shape index (κ1) is 14.3. The minimum absolute atomic E-state index is 0.0620. The van der Waals surface area contributed by atoms with Gasteiger partial charge in [0, 0.05) is 19.2 Å².